The van der Waals surface area contributed by atoms with Gasteiger partial charge in [0.25, 0.3) is 0 Å². The Balaban J connectivity index is 1.49. The lowest BCUT2D eigenvalue weighted by Crippen LogP contribution is -2.30. The zero-order valence-electron chi connectivity index (χ0n) is 12.8. The van der Waals surface area contributed by atoms with Gasteiger partial charge in [0.1, 0.15) is 0 Å². The van der Waals surface area contributed by atoms with Crippen molar-refractivity contribution in [3.63, 3.8) is 0 Å². The lowest BCUT2D eigenvalue weighted by Gasteiger charge is -2.25. The van der Waals surface area contributed by atoms with Crippen molar-refractivity contribution < 1.29 is 9.32 Å². The van der Waals surface area contributed by atoms with Crippen LogP contribution in [0.3, 0.4) is 0 Å². The first-order valence-corrected chi connectivity index (χ1v) is 7.86. The number of benzene rings is 1. The van der Waals surface area contributed by atoms with Crippen molar-refractivity contribution in [3.05, 3.63) is 47.1 Å². The maximum atomic E-state index is 12.0. The average molecular weight is 299 g/mol. The molecule has 0 radical (unpaired) electrons. The van der Waals surface area contributed by atoms with Gasteiger partial charge in [0.05, 0.1) is 0 Å². The summed E-state index contributed by atoms with van der Waals surface area (Å²) in [5.41, 5.74) is 2.82. The zero-order chi connectivity index (χ0) is 15.4. The second-order valence-electron chi connectivity index (χ2n) is 5.83. The van der Waals surface area contributed by atoms with Gasteiger partial charge in [-0.3, -0.25) is 4.79 Å². The molecule has 1 atom stereocenters. The lowest BCUT2D eigenvalue weighted by atomic mass is 9.83. The van der Waals surface area contributed by atoms with Crippen molar-refractivity contribution in [2.45, 2.75) is 44.9 Å². The van der Waals surface area contributed by atoms with E-state index in [9.17, 15) is 4.79 Å². The lowest BCUT2D eigenvalue weighted by molar-refractivity contribution is -0.121. The number of amides is 1. The van der Waals surface area contributed by atoms with Gasteiger partial charge in [-0.2, -0.15) is 4.98 Å². The molecule has 0 fully saturated rings. The fourth-order valence-corrected chi connectivity index (χ4v) is 3.05. The van der Waals surface area contributed by atoms with Gasteiger partial charge in [0.2, 0.25) is 11.8 Å². The summed E-state index contributed by atoms with van der Waals surface area (Å²) in [4.78, 5) is 16.1. The fraction of sp³-hybridized carbons (Fsp3) is 0.471. The molecule has 1 aromatic carbocycles. The molecule has 5 heteroatoms. The Kier molecular flexibility index (Phi) is 4.51. The molecule has 0 saturated heterocycles. The number of aryl methyl sites for hydroxylation is 3. The van der Waals surface area contributed by atoms with E-state index in [1.54, 1.807) is 6.92 Å². The van der Waals surface area contributed by atoms with Crippen molar-refractivity contribution >= 4 is 5.91 Å². The molecule has 1 aliphatic rings. The SMILES string of the molecule is Cc1noc(CCC(=O)NCC2CCCc3ccccc32)n1. The van der Waals surface area contributed by atoms with Gasteiger partial charge >= 0.3 is 0 Å². The van der Waals surface area contributed by atoms with Gasteiger partial charge in [-0.15, -0.1) is 0 Å². The van der Waals surface area contributed by atoms with Crippen LogP contribution in [0.4, 0.5) is 0 Å². The fourth-order valence-electron chi connectivity index (χ4n) is 3.05. The minimum absolute atomic E-state index is 0.0407. The highest BCUT2D eigenvalue weighted by molar-refractivity contribution is 5.76. The van der Waals surface area contributed by atoms with Crippen LogP contribution < -0.4 is 5.32 Å². The monoisotopic (exact) mass is 299 g/mol. The third kappa shape index (κ3) is 3.53. The van der Waals surface area contributed by atoms with Crippen LogP contribution in [-0.2, 0) is 17.6 Å². The molecule has 5 nitrogen and oxygen atoms in total. The Hall–Kier alpha value is -2.17. The molecule has 1 unspecified atom stereocenters. The summed E-state index contributed by atoms with van der Waals surface area (Å²) in [7, 11) is 0. The summed E-state index contributed by atoms with van der Waals surface area (Å²) in [6, 6.07) is 8.55. The molecule has 1 heterocycles. The number of fused-ring (bicyclic) bond motifs is 1. The van der Waals surface area contributed by atoms with Crippen molar-refractivity contribution in [1.82, 2.24) is 15.5 Å². The van der Waals surface area contributed by atoms with Gasteiger partial charge in [0, 0.05) is 25.3 Å². The first-order valence-electron chi connectivity index (χ1n) is 7.86. The standard InChI is InChI=1S/C17H21N3O2/c1-12-19-17(22-20-12)10-9-16(21)18-11-14-7-4-6-13-5-2-3-8-15(13)14/h2-3,5,8,14H,4,6-7,9-11H2,1H3,(H,18,21). The van der Waals surface area contributed by atoms with Gasteiger partial charge in [-0.05, 0) is 37.3 Å². The summed E-state index contributed by atoms with van der Waals surface area (Å²) in [6.07, 6.45) is 4.36. The molecule has 1 N–H and O–H groups in total. The van der Waals surface area contributed by atoms with E-state index >= 15 is 0 Å². The molecule has 1 aliphatic carbocycles. The number of nitrogens with zero attached hydrogens (tertiary/aromatic N) is 2. The highest BCUT2D eigenvalue weighted by Gasteiger charge is 2.20. The third-order valence-corrected chi connectivity index (χ3v) is 4.17. The maximum Gasteiger partial charge on any atom is 0.227 e. The number of hydrogen-bond acceptors (Lipinski definition) is 4. The van der Waals surface area contributed by atoms with Crippen LogP contribution in [0.15, 0.2) is 28.8 Å². The van der Waals surface area contributed by atoms with Crippen LogP contribution in [0.2, 0.25) is 0 Å². The summed E-state index contributed by atoms with van der Waals surface area (Å²) < 4.78 is 5.01. The van der Waals surface area contributed by atoms with Crippen LogP contribution in [-0.4, -0.2) is 22.6 Å². The number of carbonyl (C=O) groups is 1. The van der Waals surface area contributed by atoms with E-state index in [0.29, 0.717) is 37.0 Å². The summed E-state index contributed by atoms with van der Waals surface area (Å²) >= 11 is 0. The second-order valence-corrected chi connectivity index (χ2v) is 5.83. The van der Waals surface area contributed by atoms with E-state index in [-0.39, 0.29) is 5.91 Å². The minimum Gasteiger partial charge on any atom is -0.355 e. The van der Waals surface area contributed by atoms with Gasteiger partial charge < -0.3 is 9.84 Å². The van der Waals surface area contributed by atoms with E-state index in [2.05, 4.69) is 39.7 Å². The first-order chi connectivity index (χ1) is 10.7. The molecule has 116 valence electrons. The molecule has 0 saturated carbocycles. The molecular formula is C17H21N3O2. The predicted molar refractivity (Wildman–Crippen MR) is 82.5 cm³/mol. The summed E-state index contributed by atoms with van der Waals surface area (Å²) in [5.74, 6) is 1.60. The van der Waals surface area contributed by atoms with Gasteiger partial charge in [-0.25, -0.2) is 0 Å². The normalized spacial score (nSPS) is 17.0. The van der Waals surface area contributed by atoms with Crippen molar-refractivity contribution in [1.29, 1.82) is 0 Å². The molecule has 2 aromatic rings. The zero-order valence-corrected chi connectivity index (χ0v) is 12.8. The smallest absolute Gasteiger partial charge is 0.227 e. The van der Waals surface area contributed by atoms with E-state index in [4.69, 9.17) is 4.52 Å². The largest absolute Gasteiger partial charge is 0.355 e. The van der Waals surface area contributed by atoms with Gasteiger partial charge in [0.15, 0.2) is 5.82 Å². The van der Waals surface area contributed by atoms with Gasteiger partial charge in [-0.1, -0.05) is 29.4 Å². The number of rotatable bonds is 5. The minimum atomic E-state index is 0.0407. The molecule has 1 amide bonds. The third-order valence-electron chi connectivity index (χ3n) is 4.17. The highest BCUT2D eigenvalue weighted by Crippen LogP contribution is 2.30. The van der Waals surface area contributed by atoms with E-state index in [0.717, 1.165) is 12.8 Å². The Morgan fingerprint density at radius 1 is 1.41 bits per heavy atom. The highest BCUT2D eigenvalue weighted by atomic mass is 16.5. The van der Waals surface area contributed by atoms with E-state index in [1.807, 2.05) is 0 Å². The molecule has 1 aromatic heterocycles. The quantitative estimate of drug-likeness (QED) is 0.921. The second kappa shape index (κ2) is 6.73. The molecule has 0 bridgehead atoms. The topological polar surface area (TPSA) is 68.0 Å². The van der Waals surface area contributed by atoms with E-state index < -0.39 is 0 Å². The molecule has 22 heavy (non-hydrogen) atoms. The first kappa shape index (κ1) is 14.8. The molecule has 3 rings (SSSR count). The van der Waals surface area contributed by atoms with Crippen LogP contribution in [0.5, 0.6) is 0 Å². The van der Waals surface area contributed by atoms with Crippen LogP contribution >= 0.6 is 0 Å². The van der Waals surface area contributed by atoms with Crippen LogP contribution in [0.1, 0.15) is 48.0 Å². The summed E-state index contributed by atoms with van der Waals surface area (Å²) in [6.45, 7) is 2.48. The molecule has 0 aliphatic heterocycles. The Morgan fingerprint density at radius 3 is 3.09 bits per heavy atom. The van der Waals surface area contributed by atoms with Crippen molar-refractivity contribution in [2.24, 2.45) is 0 Å². The summed E-state index contributed by atoms with van der Waals surface area (Å²) in [5, 5.41) is 6.76. The predicted octanol–water partition coefficient (Wildman–Crippen LogP) is 2.55. The van der Waals surface area contributed by atoms with Crippen LogP contribution in [0, 0.1) is 6.92 Å². The number of aromatic nitrogens is 2. The number of nitrogens with one attached hydrogen (secondary N) is 1. The maximum absolute atomic E-state index is 12.0. The Morgan fingerprint density at radius 2 is 2.27 bits per heavy atom. The number of hydrogen-bond donors (Lipinski definition) is 1. The molecule has 0 spiro atoms. The van der Waals surface area contributed by atoms with Crippen molar-refractivity contribution in [2.75, 3.05) is 6.54 Å². The molecular weight excluding hydrogens is 278 g/mol. The Bertz CT molecular complexity index is 651. The van der Waals surface area contributed by atoms with Crippen LogP contribution in [0.25, 0.3) is 0 Å². The van der Waals surface area contributed by atoms with E-state index in [1.165, 1.54) is 17.5 Å². The average Bonchev–Trinajstić information content (AvgIpc) is 2.96. The van der Waals surface area contributed by atoms with Crippen molar-refractivity contribution in [3.8, 4) is 0 Å². The Labute approximate surface area is 130 Å². The number of carbonyl (C=O) groups excluding carboxylic acids is 1.